The zero-order valence-corrected chi connectivity index (χ0v) is 19.1. The van der Waals surface area contributed by atoms with Gasteiger partial charge in [0, 0.05) is 23.1 Å². The summed E-state index contributed by atoms with van der Waals surface area (Å²) in [5, 5.41) is 7.51. The molecule has 0 unspecified atom stereocenters. The fraction of sp³-hybridized carbons (Fsp3) is 0.0870. The van der Waals surface area contributed by atoms with Gasteiger partial charge in [-0.1, -0.05) is 59.5 Å². The highest BCUT2D eigenvalue weighted by Crippen LogP contribution is 2.27. The summed E-state index contributed by atoms with van der Waals surface area (Å²) < 4.78 is 8.51. The third kappa shape index (κ3) is 5.41. The molecule has 0 saturated heterocycles. The molecule has 0 saturated carbocycles. The number of ether oxygens (including phenoxy) is 1. The second-order valence-corrected chi connectivity index (χ2v) is 9.40. The number of anilines is 1. The van der Waals surface area contributed by atoms with Crippen molar-refractivity contribution in [3.63, 3.8) is 0 Å². The van der Waals surface area contributed by atoms with Crippen molar-refractivity contribution in [2.45, 2.75) is 10.1 Å². The number of benzene rings is 3. The molecule has 0 fully saturated rings. The molecule has 156 valence electrons. The van der Waals surface area contributed by atoms with Crippen LogP contribution in [0, 0.1) is 3.95 Å². The van der Waals surface area contributed by atoms with E-state index in [1.165, 1.54) is 16.9 Å². The summed E-state index contributed by atoms with van der Waals surface area (Å²) >= 11 is 8.64. The van der Waals surface area contributed by atoms with Crippen LogP contribution >= 0.6 is 35.3 Å². The van der Waals surface area contributed by atoms with Gasteiger partial charge in [-0.2, -0.15) is 0 Å². The summed E-state index contributed by atoms with van der Waals surface area (Å²) in [6.45, 7) is 0. The molecule has 4 rings (SSSR count). The average molecular weight is 466 g/mol. The molecule has 3 aromatic carbocycles. The Labute approximate surface area is 193 Å². The van der Waals surface area contributed by atoms with Gasteiger partial charge in [-0.05, 0) is 54.2 Å². The molecule has 0 aliphatic heterocycles. The molecule has 0 radical (unpaired) electrons. The lowest BCUT2D eigenvalue weighted by molar-refractivity contribution is 0.102. The van der Waals surface area contributed by atoms with Gasteiger partial charge in [0.1, 0.15) is 5.75 Å². The van der Waals surface area contributed by atoms with E-state index in [4.69, 9.17) is 17.0 Å². The molecule has 0 bridgehead atoms. The molecule has 0 aliphatic rings. The Bertz CT molecular complexity index is 1230. The lowest BCUT2D eigenvalue weighted by atomic mass is 10.2. The van der Waals surface area contributed by atoms with Crippen molar-refractivity contribution >= 4 is 46.9 Å². The number of rotatable bonds is 7. The molecule has 8 heteroatoms. The van der Waals surface area contributed by atoms with Crippen LogP contribution in [0.2, 0.25) is 0 Å². The van der Waals surface area contributed by atoms with E-state index in [1.54, 1.807) is 41.8 Å². The van der Waals surface area contributed by atoms with E-state index in [2.05, 4.69) is 22.5 Å². The molecular weight excluding hydrogens is 446 g/mol. The van der Waals surface area contributed by atoms with E-state index in [1.807, 2.05) is 48.5 Å². The van der Waals surface area contributed by atoms with Crippen molar-refractivity contribution in [2.24, 2.45) is 0 Å². The molecule has 0 aliphatic carbocycles. The van der Waals surface area contributed by atoms with Gasteiger partial charge >= 0.3 is 0 Å². The molecular formula is C23H19N3O2S3. The predicted octanol–water partition coefficient (Wildman–Crippen LogP) is 6.22. The number of methoxy groups -OCH3 is 1. The average Bonchev–Trinajstić information content (AvgIpc) is 3.19. The number of hydrogen-bond acceptors (Lipinski definition) is 6. The Kier molecular flexibility index (Phi) is 6.81. The smallest absolute Gasteiger partial charge is 0.255 e. The molecule has 0 atom stereocenters. The highest BCUT2D eigenvalue weighted by atomic mass is 32.2. The van der Waals surface area contributed by atoms with Crippen LogP contribution in [0.5, 0.6) is 5.75 Å². The van der Waals surface area contributed by atoms with Crippen molar-refractivity contribution in [3.05, 3.63) is 93.9 Å². The van der Waals surface area contributed by atoms with Crippen molar-refractivity contribution in [3.8, 4) is 11.4 Å². The highest BCUT2D eigenvalue weighted by molar-refractivity contribution is 8.00. The number of aromatic nitrogens is 2. The standard InChI is InChI=1S/C23H19N3O2S3/c1-28-20-9-5-8-18(14-20)24-21(27)17-10-12-19(13-11-17)26-23(29)31-22(25-26)30-15-16-6-3-2-4-7-16/h2-14H,15H2,1H3,(H,24,27). The third-order valence-corrected chi connectivity index (χ3v) is 6.87. The maximum atomic E-state index is 12.6. The highest BCUT2D eigenvalue weighted by Gasteiger charge is 2.10. The van der Waals surface area contributed by atoms with E-state index < -0.39 is 0 Å². The normalized spacial score (nSPS) is 10.6. The number of amides is 1. The number of thioether (sulfide) groups is 1. The number of nitrogens with zero attached hydrogens (tertiary/aromatic N) is 2. The minimum Gasteiger partial charge on any atom is -0.497 e. The first-order chi connectivity index (χ1) is 15.1. The Morgan fingerprint density at radius 3 is 2.61 bits per heavy atom. The molecule has 1 heterocycles. The third-order valence-electron chi connectivity index (χ3n) is 4.44. The van der Waals surface area contributed by atoms with E-state index >= 15 is 0 Å². The first-order valence-corrected chi connectivity index (χ1v) is 11.7. The van der Waals surface area contributed by atoms with Gasteiger partial charge in [0.15, 0.2) is 8.29 Å². The first kappa shape index (κ1) is 21.3. The van der Waals surface area contributed by atoms with Gasteiger partial charge in [-0.25, -0.2) is 4.68 Å². The van der Waals surface area contributed by atoms with E-state index in [-0.39, 0.29) is 5.91 Å². The molecule has 5 nitrogen and oxygen atoms in total. The van der Waals surface area contributed by atoms with Crippen LogP contribution in [-0.2, 0) is 5.75 Å². The summed E-state index contributed by atoms with van der Waals surface area (Å²) in [7, 11) is 1.59. The molecule has 1 amide bonds. The monoisotopic (exact) mass is 465 g/mol. The van der Waals surface area contributed by atoms with Gasteiger partial charge in [0.25, 0.3) is 5.91 Å². The maximum absolute atomic E-state index is 12.6. The Balaban J connectivity index is 1.44. The summed E-state index contributed by atoms with van der Waals surface area (Å²) in [4.78, 5) is 12.6. The van der Waals surface area contributed by atoms with Crippen molar-refractivity contribution < 1.29 is 9.53 Å². The van der Waals surface area contributed by atoms with Crippen molar-refractivity contribution in [1.82, 2.24) is 9.78 Å². The van der Waals surface area contributed by atoms with Crippen LogP contribution in [0.4, 0.5) is 5.69 Å². The van der Waals surface area contributed by atoms with E-state index in [9.17, 15) is 4.79 Å². The van der Waals surface area contributed by atoms with Gasteiger partial charge in [0.05, 0.1) is 12.8 Å². The van der Waals surface area contributed by atoms with Crippen LogP contribution in [0.1, 0.15) is 15.9 Å². The second kappa shape index (κ2) is 9.91. The molecule has 4 aromatic rings. The Hall–Kier alpha value is -2.94. The van der Waals surface area contributed by atoms with Crippen LogP contribution in [0.3, 0.4) is 0 Å². The fourth-order valence-corrected chi connectivity index (χ4v) is 5.18. The quantitative estimate of drug-likeness (QED) is 0.259. The first-order valence-electron chi connectivity index (χ1n) is 9.45. The van der Waals surface area contributed by atoms with Crippen LogP contribution in [0.25, 0.3) is 5.69 Å². The zero-order chi connectivity index (χ0) is 21.6. The predicted molar refractivity (Wildman–Crippen MR) is 129 cm³/mol. The zero-order valence-electron chi connectivity index (χ0n) is 16.6. The number of carbonyl (C=O) groups is 1. The van der Waals surface area contributed by atoms with Crippen molar-refractivity contribution in [2.75, 3.05) is 12.4 Å². The molecule has 1 aromatic heterocycles. The second-order valence-electron chi connectivity index (χ2n) is 6.55. The Morgan fingerprint density at radius 1 is 1.10 bits per heavy atom. The number of nitrogens with one attached hydrogen (secondary N) is 1. The maximum Gasteiger partial charge on any atom is 0.255 e. The lowest BCUT2D eigenvalue weighted by Crippen LogP contribution is -2.12. The lowest BCUT2D eigenvalue weighted by Gasteiger charge is -2.08. The van der Waals surface area contributed by atoms with Crippen molar-refractivity contribution in [1.29, 1.82) is 0 Å². The fourth-order valence-electron chi connectivity index (χ4n) is 2.86. The van der Waals surface area contributed by atoms with Gasteiger partial charge in [-0.3, -0.25) is 4.79 Å². The molecule has 31 heavy (non-hydrogen) atoms. The van der Waals surface area contributed by atoms with Crippen LogP contribution in [0.15, 0.2) is 83.2 Å². The van der Waals surface area contributed by atoms with Gasteiger partial charge in [0.2, 0.25) is 0 Å². The van der Waals surface area contributed by atoms with E-state index in [0.29, 0.717) is 21.0 Å². The largest absolute Gasteiger partial charge is 0.497 e. The number of hydrogen-bond donors (Lipinski definition) is 1. The minimum atomic E-state index is -0.194. The topological polar surface area (TPSA) is 56.1 Å². The summed E-state index contributed by atoms with van der Waals surface area (Å²) in [5.41, 5.74) is 3.29. The summed E-state index contributed by atoms with van der Waals surface area (Å²) in [6, 6.07) is 24.7. The van der Waals surface area contributed by atoms with Crippen LogP contribution in [-0.4, -0.2) is 22.8 Å². The minimum absolute atomic E-state index is 0.194. The SMILES string of the molecule is COc1cccc(NC(=O)c2ccc(-n3nc(SCc4ccccc4)sc3=S)cc2)c1. The Morgan fingerprint density at radius 2 is 1.87 bits per heavy atom. The van der Waals surface area contributed by atoms with Gasteiger partial charge in [-0.15, -0.1) is 5.10 Å². The summed E-state index contributed by atoms with van der Waals surface area (Å²) in [5.74, 6) is 1.33. The van der Waals surface area contributed by atoms with Crippen LogP contribution < -0.4 is 10.1 Å². The van der Waals surface area contributed by atoms with Gasteiger partial charge < -0.3 is 10.1 Å². The van der Waals surface area contributed by atoms with E-state index in [0.717, 1.165) is 15.8 Å². The summed E-state index contributed by atoms with van der Waals surface area (Å²) in [6.07, 6.45) is 0. The molecule has 1 N–H and O–H groups in total. The molecule has 0 spiro atoms. The number of carbonyl (C=O) groups excluding carboxylic acids is 1.